The molecular formula is C11H24N2O. The fourth-order valence-electron chi connectivity index (χ4n) is 1.96. The fraction of sp³-hybridized carbons (Fsp3) is 1.00. The lowest BCUT2D eigenvalue weighted by atomic mass is 9.99. The van der Waals surface area contributed by atoms with E-state index in [1.807, 2.05) is 0 Å². The molecule has 1 rings (SSSR count). The summed E-state index contributed by atoms with van der Waals surface area (Å²) >= 11 is 0. The first-order valence-electron chi connectivity index (χ1n) is 5.54. The van der Waals surface area contributed by atoms with Crippen molar-refractivity contribution >= 4 is 0 Å². The van der Waals surface area contributed by atoms with Crippen molar-refractivity contribution in [1.29, 1.82) is 0 Å². The van der Waals surface area contributed by atoms with Gasteiger partial charge in [-0.3, -0.25) is 4.90 Å². The van der Waals surface area contributed by atoms with Crippen molar-refractivity contribution < 1.29 is 4.74 Å². The van der Waals surface area contributed by atoms with E-state index in [2.05, 4.69) is 32.6 Å². The largest absolute Gasteiger partial charge is 0.373 e. The van der Waals surface area contributed by atoms with Gasteiger partial charge < -0.3 is 10.5 Å². The number of ether oxygens (including phenoxy) is 1. The molecule has 84 valence electrons. The predicted octanol–water partition coefficient (Wildman–Crippen LogP) is 1.08. The van der Waals surface area contributed by atoms with Crippen LogP contribution < -0.4 is 5.73 Å². The third-order valence-corrected chi connectivity index (χ3v) is 3.23. The summed E-state index contributed by atoms with van der Waals surface area (Å²) in [6.07, 6.45) is 0. The third kappa shape index (κ3) is 2.94. The minimum absolute atomic E-state index is 0.000822. The lowest BCUT2D eigenvalue weighted by molar-refractivity contribution is -0.0997. The second-order valence-electron chi connectivity index (χ2n) is 5.03. The zero-order valence-corrected chi connectivity index (χ0v) is 9.92. The number of hydrogen-bond acceptors (Lipinski definition) is 3. The van der Waals surface area contributed by atoms with Crippen LogP contribution in [0.2, 0.25) is 0 Å². The number of nitrogens with two attached hydrogens (primary N) is 1. The van der Waals surface area contributed by atoms with Crippen LogP contribution in [0.4, 0.5) is 0 Å². The van der Waals surface area contributed by atoms with Crippen LogP contribution >= 0.6 is 0 Å². The van der Waals surface area contributed by atoms with Crippen molar-refractivity contribution in [2.75, 3.05) is 26.2 Å². The molecular weight excluding hydrogens is 176 g/mol. The maximum Gasteiger partial charge on any atom is 0.0753 e. The normalized spacial score (nSPS) is 27.2. The molecule has 1 heterocycles. The Kier molecular flexibility index (Phi) is 3.93. The Hall–Kier alpha value is -0.120. The highest BCUT2D eigenvalue weighted by atomic mass is 16.5. The molecule has 0 aliphatic carbocycles. The quantitative estimate of drug-likeness (QED) is 0.741. The summed E-state index contributed by atoms with van der Waals surface area (Å²) in [5.41, 5.74) is 5.69. The van der Waals surface area contributed by atoms with Crippen molar-refractivity contribution in [3.63, 3.8) is 0 Å². The summed E-state index contributed by atoms with van der Waals surface area (Å²) in [5, 5.41) is 0. The average molecular weight is 200 g/mol. The molecule has 0 amide bonds. The Morgan fingerprint density at radius 2 is 2.07 bits per heavy atom. The molecule has 2 atom stereocenters. The van der Waals surface area contributed by atoms with E-state index in [1.54, 1.807) is 0 Å². The molecule has 3 heteroatoms. The molecule has 1 aliphatic rings. The molecule has 14 heavy (non-hydrogen) atoms. The standard InChI is InChI=1S/C11H24N2O/c1-9(7-12)10(2)13-5-6-14-11(3,4)8-13/h9-10H,5-8,12H2,1-4H3. The molecule has 3 nitrogen and oxygen atoms in total. The molecule has 0 radical (unpaired) electrons. The van der Waals surface area contributed by atoms with Gasteiger partial charge in [-0.05, 0) is 33.2 Å². The van der Waals surface area contributed by atoms with Gasteiger partial charge in [0.2, 0.25) is 0 Å². The SMILES string of the molecule is CC(CN)C(C)N1CCOC(C)(C)C1. The van der Waals surface area contributed by atoms with Gasteiger partial charge in [-0.25, -0.2) is 0 Å². The van der Waals surface area contributed by atoms with E-state index < -0.39 is 0 Å². The average Bonchev–Trinajstić information content (AvgIpc) is 2.14. The Balaban J connectivity index is 2.51. The van der Waals surface area contributed by atoms with E-state index in [0.29, 0.717) is 12.0 Å². The zero-order valence-electron chi connectivity index (χ0n) is 9.92. The molecule has 0 aromatic carbocycles. The van der Waals surface area contributed by atoms with Gasteiger partial charge in [0.25, 0.3) is 0 Å². The monoisotopic (exact) mass is 200 g/mol. The van der Waals surface area contributed by atoms with Crippen LogP contribution in [0.3, 0.4) is 0 Å². The first-order valence-corrected chi connectivity index (χ1v) is 5.54. The number of hydrogen-bond donors (Lipinski definition) is 1. The topological polar surface area (TPSA) is 38.5 Å². The van der Waals surface area contributed by atoms with Gasteiger partial charge in [0.05, 0.1) is 12.2 Å². The van der Waals surface area contributed by atoms with Crippen molar-refractivity contribution in [2.24, 2.45) is 11.7 Å². The Morgan fingerprint density at radius 3 is 2.57 bits per heavy atom. The van der Waals surface area contributed by atoms with Gasteiger partial charge in [-0.1, -0.05) is 6.92 Å². The highest BCUT2D eigenvalue weighted by Crippen LogP contribution is 2.20. The van der Waals surface area contributed by atoms with Gasteiger partial charge in [0.15, 0.2) is 0 Å². The summed E-state index contributed by atoms with van der Waals surface area (Å²) in [6, 6.07) is 0.558. The van der Waals surface area contributed by atoms with Gasteiger partial charge in [0, 0.05) is 19.1 Å². The van der Waals surface area contributed by atoms with Crippen LogP contribution in [-0.2, 0) is 4.74 Å². The van der Waals surface area contributed by atoms with E-state index in [4.69, 9.17) is 10.5 Å². The molecule has 2 N–H and O–H groups in total. The smallest absolute Gasteiger partial charge is 0.0753 e. The maximum atomic E-state index is 5.69. The highest BCUT2D eigenvalue weighted by molar-refractivity contribution is 4.84. The minimum atomic E-state index is 0.000822. The van der Waals surface area contributed by atoms with Crippen LogP contribution in [0.25, 0.3) is 0 Å². The summed E-state index contributed by atoms with van der Waals surface area (Å²) in [7, 11) is 0. The van der Waals surface area contributed by atoms with Crippen molar-refractivity contribution in [2.45, 2.75) is 39.3 Å². The zero-order chi connectivity index (χ0) is 10.8. The highest BCUT2D eigenvalue weighted by Gasteiger charge is 2.30. The first kappa shape index (κ1) is 12.0. The van der Waals surface area contributed by atoms with E-state index in [-0.39, 0.29) is 5.60 Å². The maximum absolute atomic E-state index is 5.69. The van der Waals surface area contributed by atoms with Gasteiger partial charge in [-0.15, -0.1) is 0 Å². The lowest BCUT2D eigenvalue weighted by Crippen LogP contribution is -2.53. The molecule has 1 saturated heterocycles. The second-order valence-corrected chi connectivity index (χ2v) is 5.03. The van der Waals surface area contributed by atoms with E-state index in [0.717, 1.165) is 26.2 Å². The number of morpholine rings is 1. The van der Waals surface area contributed by atoms with Crippen LogP contribution in [0.5, 0.6) is 0 Å². The predicted molar refractivity (Wildman–Crippen MR) is 59.3 cm³/mol. The lowest BCUT2D eigenvalue weighted by Gasteiger charge is -2.42. The van der Waals surface area contributed by atoms with Crippen molar-refractivity contribution in [3.05, 3.63) is 0 Å². The van der Waals surface area contributed by atoms with Gasteiger partial charge in [0.1, 0.15) is 0 Å². The first-order chi connectivity index (χ1) is 6.46. The molecule has 0 spiro atoms. The Labute approximate surface area is 87.6 Å². The van der Waals surface area contributed by atoms with Crippen molar-refractivity contribution in [1.82, 2.24) is 4.90 Å². The van der Waals surface area contributed by atoms with E-state index in [9.17, 15) is 0 Å². The summed E-state index contributed by atoms with van der Waals surface area (Å²) in [6.45, 7) is 12.4. The molecule has 0 bridgehead atoms. The molecule has 1 aliphatic heterocycles. The Bertz CT molecular complexity index is 182. The third-order valence-electron chi connectivity index (χ3n) is 3.23. The van der Waals surface area contributed by atoms with Crippen LogP contribution in [-0.4, -0.2) is 42.8 Å². The molecule has 0 aromatic heterocycles. The summed E-state index contributed by atoms with van der Waals surface area (Å²) < 4.78 is 5.69. The fourth-order valence-corrected chi connectivity index (χ4v) is 1.96. The molecule has 0 saturated carbocycles. The number of nitrogens with zero attached hydrogens (tertiary/aromatic N) is 1. The summed E-state index contributed by atoms with van der Waals surface area (Å²) in [5.74, 6) is 0.559. The molecule has 0 aromatic rings. The minimum Gasteiger partial charge on any atom is -0.373 e. The summed E-state index contributed by atoms with van der Waals surface area (Å²) in [4.78, 5) is 2.49. The van der Waals surface area contributed by atoms with Gasteiger partial charge in [-0.2, -0.15) is 0 Å². The van der Waals surface area contributed by atoms with Crippen LogP contribution in [0.1, 0.15) is 27.7 Å². The van der Waals surface area contributed by atoms with Crippen LogP contribution in [0, 0.1) is 5.92 Å². The van der Waals surface area contributed by atoms with E-state index in [1.165, 1.54) is 0 Å². The van der Waals surface area contributed by atoms with Crippen molar-refractivity contribution in [3.8, 4) is 0 Å². The molecule has 2 unspecified atom stereocenters. The van der Waals surface area contributed by atoms with Gasteiger partial charge >= 0.3 is 0 Å². The molecule has 1 fully saturated rings. The number of rotatable bonds is 3. The van der Waals surface area contributed by atoms with E-state index >= 15 is 0 Å². The second kappa shape index (κ2) is 4.60. The Morgan fingerprint density at radius 1 is 1.43 bits per heavy atom. The van der Waals surface area contributed by atoms with Crippen LogP contribution in [0.15, 0.2) is 0 Å².